The largest absolute Gasteiger partial charge is 0.326 e. The van der Waals surface area contributed by atoms with Crippen LogP contribution in [0, 0.1) is 5.41 Å². The van der Waals surface area contributed by atoms with Crippen LogP contribution in [0.2, 0.25) is 0 Å². The number of hydrogen-bond acceptors (Lipinski definition) is 3. The number of fused-ring (bicyclic) bond motifs is 1. The number of nitrogens with zero attached hydrogens (tertiary/aromatic N) is 1. The molecule has 0 bridgehead atoms. The van der Waals surface area contributed by atoms with E-state index in [1.807, 2.05) is 18.2 Å². The molecule has 1 aliphatic rings. The first-order valence-electron chi connectivity index (χ1n) is 7.69. The first-order valence-corrected chi connectivity index (χ1v) is 7.69. The van der Waals surface area contributed by atoms with Gasteiger partial charge in [0.15, 0.2) is 0 Å². The fourth-order valence-corrected chi connectivity index (χ4v) is 3.25. The van der Waals surface area contributed by atoms with Crippen LogP contribution in [0.25, 0.3) is 10.9 Å². The highest BCUT2D eigenvalue weighted by Crippen LogP contribution is 2.33. The fraction of sp³-hybridized carbons (Fsp3) is 0.500. The molecule has 0 aliphatic carbocycles. The topological polar surface area (TPSA) is 69.8 Å². The Morgan fingerprint density at radius 3 is 3.14 bits per heavy atom. The van der Waals surface area contributed by atoms with E-state index in [2.05, 4.69) is 27.8 Å². The Bertz CT molecular complexity index is 622. The lowest BCUT2D eigenvalue weighted by atomic mass is 9.76. The molecule has 1 aliphatic heterocycles. The molecular weight excluding hydrogens is 264 g/mol. The SMILES string of the molecule is CCCC1(C(=O)Nc2ccc3[nH]ncc3c2)CCCNC1. The highest BCUT2D eigenvalue weighted by atomic mass is 16.2. The van der Waals surface area contributed by atoms with E-state index in [0.29, 0.717) is 0 Å². The standard InChI is InChI=1S/C16H22N4O/c1-2-6-16(7-3-8-17-11-16)15(21)19-13-4-5-14-12(9-13)10-18-20-14/h4-5,9-10,17H,2-3,6-8,11H2,1H3,(H,18,20)(H,19,21). The molecule has 112 valence electrons. The Kier molecular flexibility index (Phi) is 3.92. The summed E-state index contributed by atoms with van der Waals surface area (Å²) in [6.45, 7) is 3.93. The molecule has 1 saturated heterocycles. The maximum atomic E-state index is 12.8. The third kappa shape index (κ3) is 2.78. The maximum absolute atomic E-state index is 12.8. The van der Waals surface area contributed by atoms with Crippen LogP contribution in [-0.4, -0.2) is 29.2 Å². The number of carbonyl (C=O) groups excluding carboxylic acids is 1. The zero-order valence-corrected chi connectivity index (χ0v) is 12.4. The summed E-state index contributed by atoms with van der Waals surface area (Å²) in [7, 11) is 0. The summed E-state index contributed by atoms with van der Waals surface area (Å²) >= 11 is 0. The van der Waals surface area contributed by atoms with Gasteiger partial charge in [-0.05, 0) is 44.0 Å². The second kappa shape index (κ2) is 5.85. The molecule has 3 N–H and O–H groups in total. The lowest BCUT2D eigenvalue weighted by Crippen LogP contribution is -2.48. The molecule has 1 unspecified atom stereocenters. The Morgan fingerprint density at radius 1 is 1.48 bits per heavy atom. The number of piperidine rings is 1. The lowest BCUT2D eigenvalue weighted by molar-refractivity contribution is -0.127. The molecule has 0 spiro atoms. The number of hydrogen-bond donors (Lipinski definition) is 3. The summed E-state index contributed by atoms with van der Waals surface area (Å²) < 4.78 is 0. The average Bonchev–Trinajstić information content (AvgIpc) is 2.96. The van der Waals surface area contributed by atoms with Gasteiger partial charge < -0.3 is 10.6 Å². The number of amides is 1. The van der Waals surface area contributed by atoms with Crippen molar-refractivity contribution in [3.63, 3.8) is 0 Å². The van der Waals surface area contributed by atoms with Crippen LogP contribution in [0.15, 0.2) is 24.4 Å². The number of aromatic nitrogens is 2. The van der Waals surface area contributed by atoms with Gasteiger partial charge in [0.05, 0.1) is 17.1 Å². The van der Waals surface area contributed by atoms with E-state index >= 15 is 0 Å². The monoisotopic (exact) mass is 286 g/mol. The van der Waals surface area contributed by atoms with Crippen LogP contribution in [0.4, 0.5) is 5.69 Å². The van der Waals surface area contributed by atoms with Crippen LogP contribution in [0.3, 0.4) is 0 Å². The molecule has 0 radical (unpaired) electrons. The van der Waals surface area contributed by atoms with Gasteiger partial charge in [0.1, 0.15) is 0 Å². The van der Waals surface area contributed by atoms with Crippen LogP contribution >= 0.6 is 0 Å². The Morgan fingerprint density at radius 2 is 2.38 bits per heavy atom. The van der Waals surface area contributed by atoms with E-state index in [4.69, 9.17) is 0 Å². The second-order valence-corrected chi connectivity index (χ2v) is 5.94. The molecule has 1 fully saturated rings. The van der Waals surface area contributed by atoms with Crippen molar-refractivity contribution in [3.05, 3.63) is 24.4 Å². The van der Waals surface area contributed by atoms with Gasteiger partial charge in [-0.3, -0.25) is 9.89 Å². The number of benzene rings is 1. The number of nitrogens with one attached hydrogen (secondary N) is 3. The van der Waals surface area contributed by atoms with Crippen LogP contribution in [0.1, 0.15) is 32.6 Å². The van der Waals surface area contributed by atoms with Gasteiger partial charge in [-0.1, -0.05) is 13.3 Å². The van der Waals surface area contributed by atoms with Crippen molar-refractivity contribution >= 4 is 22.5 Å². The maximum Gasteiger partial charge on any atom is 0.231 e. The Labute approximate surface area is 124 Å². The van der Waals surface area contributed by atoms with E-state index in [0.717, 1.165) is 55.4 Å². The van der Waals surface area contributed by atoms with Crippen LogP contribution < -0.4 is 10.6 Å². The predicted octanol–water partition coefficient (Wildman–Crippen LogP) is 2.67. The van der Waals surface area contributed by atoms with Crippen molar-refractivity contribution in [2.24, 2.45) is 5.41 Å². The minimum absolute atomic E-state index is 0.138. The number of carbonyl (C=O) groups is 1. The fourth-order valence-electron chi connectivity index (χ4n) is 3.25. The van der Waals surface area contributed by atoms with Gasteiger partial charge in [-0.2, -0.15) is 5.10 Å². The lowest BCUT2D eigenvalue weighted by Gasteiger charge is -2.36. The quantitative estimate of drug-likeness (QED) is 0.809. The average molecular weight is 286 g/mol. The van der Waals surface area contributed by atoms with E-state index in [1.165, 1.54) is 0 Å². The molecule has 1 aromatic heterocycles. The van der Waals surface area contributed by atoms with Gasteiger partial charge in [-0.25, -0.2) is 0 Å². The summed E-state index contributed by atoms with van der Waals surface area (Å²) in [5, 5.41) is 14.4. The van der Waals surface area contributed by atoms with Gasteiger partial charge >= 0.3 is 0 Å². The van der Waals surface area contributed by atoms with E-state index in [-0.39, 0.29) is 11.3 Å². The molecule has 5 heteroatoms. The zero-order chi connectivity index (χ0) is 14.7. The highest BCUT2D eigenvalue weighted by molar-refractivity contribution is 5.97. The molecule has 2 heterocycles. The second-order valence-electron chi connectivity index (χ2n) is 5.94. The summed E-state index contributed by atoms with van der Waals surface area (Å²) in [5.74, 6) is 0.138. The van der Waals surface area contributed by atoms with E-state index < -0.39 is 0 Å². The first kappa shape index (κ1) is 14.1. The van der Waals surface area contributed by atoms with Crippen molar-refractivity contribution in [2.75, 3.05) is 18.4 Å². The van der Waals surface area contributed by atoms with Crippen molar-refractivity contribution in [2.45, 2.75) is 32.6 Å². The molecular formula is C16H22N4O. The van der Waals surface area contributed by atoms with Gasteiger partial charge in [0, 0.05) is 17.6 Å². The molecule has 1 aromatic carbocycles. The minimum atomic E-state index is -0.266. The summed E-state index contributed by atoms with van der Waals surface area (Å²) in [6.07, 6.45) is 5.76. The van der Waals surface area contributed by atoms with Crippen molar-refractivity contribution in [3.8, 4) is 0 Å². The third-order valence-corrected chi connectivity index (χ3v) is 4.38. The van der Waals surface area contributed by atoms with E-state index in [9.17, 15) is 4.79 Å². The molecule has 5 nitrogen and oxygen atoms in total. The smallest absolute Gasteiger partial charge is 0.231 e. The van der Waals surface area contributed by atoms with E-state index in [1.54, 1.807) is 6.20 Å². The number of H-pyrrole nitrogens is 1. The summed E-state index contributed by atoms with van der Waals surface area (Å²) in [4.78, 5) is 12.8. The minimum Gasteiger partial charge on any atom is -0.326 e. The summed E-state index contributed by atoms with van der Waals surface area (Å²) in [6, 6.07) is 5.84. The Hall–Kier alpha value is -1.88. The van der Waals surface area contributed by atoms with Crippen molar-refractivity contribution in [1.82, 2.24) is 15.5 Å². The van der Waals surface area contributed by atoms with Crippen molar-refractivity contribution in [1.29, 1.82) is 0 Å². The normalized spacial score (nSPS) is 22.3. The Balaban J connectivity index is 1.79. The molecule has 1 atom stereocenters. The molecule has 2 aromatic rings. The van der Waals surface area contributed by atoms with Crippen LogP contribution in [0.5, 0.6) is 0 Å². The first-order chi connectivity index (χ1) is 10.2. The van der Waals surface area contributed by atoms with Crippen molar-refractivity contribution < 1.29 is 4.79 Å². The van der Waals surface area contributed by atoms with Gasteiger partial charge in [-0.15, -0.1) is 0 Å². The zero-order valence-electron chi connectivity index (χ0n) is 12.4. The summed E-state index contributed by atoms with van der Waals surface area (Å²) in [5.41, 5.74) is 1.56. The third-order valence-electron chi connectivity index (χ3n) is 4.38. The molecule has 21 heavy (non-hydrogen) atoms. The van der Waals surface area contributed by atoms with Gasteiger partial charge in [0.25, 0.3) is 0 Å². The molecule has 1 amide bonds. The predicted molar refractivity (Wildman–Crippen MR) is 84.2 cm³/mol. The number of rotatable bonds is 4. The van der Waals surface area contributed by atoms with Crippen LogP contribution in [-0.2, 0) is 4.79 Å². The molecule has 0 saturated carbocycles. The number of anilines is 1. The highest BCUT2D eigenvalue weighted by Gasteiger charge is 2.38. The van der Waals surface area contributed by atoms with Gasteiger partial charge in [0.2, 0.25) is 5.91 Å². The molecule has 3 rings (SSSR count). The number of aromatic amines is 1.